The van der Waals surface area contributed by atoms with Crippen molar-refractivity contribution in [2.45, 2.75) is 45.4 Å². The zero-order valence-electron chi connectivity index (χ0n) is 8.89. The Morgan fingerprint density at radius 3 is 2.71 bits per heavy atom. The number of rotatable bonds is 1. The summed E-state index contributed by atoms with van der Waals surface area (Å²) < 4.78 is 0. The quantitative estimate of drug-likeness (QED) is 0.726. The number of aromatic nitrogens is 1. The predicted molar refractivity (Wildman–Crippen MR) is 57.8 cm³/mol. The summed E-state index contributed by atoms with van der Waals surface area (Å²) in [6, 6.07) is 1.77. The molecule has 0 unspecified atom stereocenters. The lowest BCUT2D eigenvalue weighted by Gasteiger charge is -2.20. The first-order valence-electron chi connectivity index (χ1n) is 5.43. The largest absolute Gasteiger partial charge is 0.326 e. The van der Waals surface area contributed by atoms with Crippen LogP contribution in [0.3, 0.4) is 0 Å². The zero-order valence-corrected chi connectivity index (χ0v) is 8.89. The molecule has 0 spiro atoms. The predicted octanol–water partition coefficient (Wildman–Crippen LogP) is 2.38. The van der Waals surface area contributed by atoms with E-state index in [1.165, 1.54) is 29.7 Å². The number of nitrogens with one attached hydrogen (secondary N) is 1. The van der Waals surface area contributed by atoms with Crippen LogP contribution in [-0.4, -0.2) is 4.98 Å². The second kappa shape index (κ2) is 3.60. The smallest absolute Gasteiger partial charge is 0.248 e. The highest BCUT2D eigenvalue weighted by Gasteiger charge is 2.16. The summed E-state index contributed by atoms with van der Waals surface area (Å²) in [4.78, 5) is 14.4. The Bertz CT molecular complexity index is 390. The van der Waals surface area contributed by atoms with Crippen LogP contribution in [0.4, 0.5) is 0 Å². The van der Waals surface area contributed by atoms with Crippen LogP contribution in [0.25, 0.3) is 0 Å². The van der Waals surface area contributed by atoms with E-state index in [0.717, 1.165) is 12.8 Å². The van der Waals surface area contributed by atoms with Crippen molar-refractivity contribution in [1.82, 2.24) is 4.98 Å². The molecule has 0 fully saturated rings. The first-order chi connectivity index (χ1) is 6.68. The number of pyridine rings is 1. The van der Waals surface area contributed by atoms with Gasteiger partial charge in [0.25, 0.3) is 0 Å². The van der Waals surface area contributed by atoms with Gasteiger partial charge in [0.15, 0.2) is 0 Å². The van der Waals surface area contributed by atoms with Gasteiger partial charge in [-0.1, -0.05) is 13.8 Å². The molecule has 14 heavy (non-hydrogen) atoms. The summed E-state index contributed by atoms with van der Waals surface area (Å²) in [6.45, 7) is 4.31. The Labute approximate surface area is 84.4 Å². The van der Waals surface area contributed by atoms with Gasteiger partial charge in [0, 0.05) is 11.8 Å². The second-order valence-corrected chi connectivity index (χ2v) is 4.41. The van der Waals surface area contributed by atoms with Crippen molar-refractivity contribution in [3.05, 3.63) is 33.2 Å². The average molecular weight is 191 g/mol. The van der Waals surface area contributed by atoms with Crippen molar-refractivity contribution in [3.63, 3.8) is 0 Å². The van der Waals surface area contributed by atoms with E-state index in [1.54, 1.807) is 6.07 Å². The maximum absolute atomic E-state index is 11.4. The molecule has 76 valence electrons. The molecular formula is C12H17NO. The molecule has 1 aromatic rings. The van der Waals surface area contributed by atoms with Crippen molar-refractivity contribution >= 4 is 0 Å². The van der Waals surface area contributed by atoms with E-state index >= 15 is 0 Å². The third kappa shape index (κ3) is 1.61. The third-order valence-electron chi connectivity index (χ3n) is 3.00. The van der Waals surface area contributed by atoms with Crippen molar-refractivity contribution in [2.75, 3.05) is 0 Å². The number of fused-ring (bicyclic) bond motifs is 1. The molecule has 1 aliphatic rings. The van der Waals surface area contributed by atoms with Crippen molar-refractivity contribution in [2.24, 2.45) is 0 Å². The monoisotopic (exact) mass is 191 g/mol. The molecule has 2 rings (SSSR count). The van der Waals surface area contributed by atoms with Gasteiger partial charge >= 0.3 is 0 Å². The van der Waals surface area contributed by atoms with E-state index in [2.05, 4.69) is 18.8 Å². The highest BCUT2D eigenvalue weighted by atomic mass is 16.1. The molecule has 1 N–H and O–H groups in total. The lowest BCUT2D eigenvalue weighted by Crippen LogP contribution is -2.17. The summed E-state index contributed by atoms with van der Waals surface area (Å²) in [7, 11) is 0. The molecule has 0 atom stereocenters. The van der Waals surface area contributed by atoms with Crippen LogP contribution < -0.4 is 5.56 Å². The standard InChI is InChI=1S/C12H17NO/c1-8(2)10-7-12(14)13-11-6-4-3-5-9(10)11/h7-8H,3-6H2,1-2H3,(H,13,14). The highest BCUT2D eigenvalue weighted by Crippen LogP contribution is 2.26. The fourth-order valence-corrected chi connectivity index (χ4v) is 2.29. The van der Waals surface area contributed by atoms with Gasteiger partial charge in [0.2, 0.25) is 5.56 Å². The van der Waals surface area contributed by atoms with Gasteiger partial charge in [0.05, 0.1) is 0 Å². The Morgan fingerprint density at radius 1 is 1.29 bits per heavy atom. The van der Waals surface area contributed by atoms with Crippen LogP contribution in [0, 0.1) is 0 Å². The Kier molecular flexibility index (Phi) is 2.44. The van der Waals surface area contributed by atoms with E-state index in [-0.39, 0.29) is 5.56 Å². The molecule has 0 radical (unpaired) electrons. The molecule has 1 aromatic heterocycles. The maximum Gasteiger partial charge on any atom is 0.248 e. The normalized spacial score (nSPS) is 15.6. The topological polar surface area (TPSA) is 32.9 Å². The fraction of sp³-hybridized carbons (Fsp3) is 0.583. The van der Waals surface area contributed by atoms with E-state index in [0.29, 0.717) is 5.92 Å². The molecule has 0 aliphatic heterocycles. The molecule has 0 bridgehead atoms. The first-order valence-corrected chi connectivity index (χ1v) is 5.43. The van der Waals surface area contributed by atoms with Crippen molar-refractivity contribution < 1.29 is 0 Å². The Hall–Kier alpha value is -1.05. The summed E-state index contributed by atoms with van der Waals surface area (Å²) in [6.07, 6.45) is 4.66. The minimum atomic E-state index is 0.0642. The molecule has 0 saturated carbocycles. The average Bonchev–Trinajstić information content (AvgIpc) is 2.16. The van der Waals surface area contributed by atoms with E-state index in [4.69, 9.17) is 0 Å². The number of hydrogen-bond acceptors (Lipinski definition) is 1. The van der Waals surface area contributed by atoms with E-state index in [9.17, 15) is 4.79 Å². The molecule has 2 heteroatoms. The van der Waals surface area contributed by atoms with Gasteiger partial charge in [-0.3, -0.25) is 4.79 Å². The molecule has 1 aliphatic carbocycles. The van der Waals surface area contributed by atoms with Gasteiger partial charge in [-0.15, -0.1) is 0 Å². The van der Waals surface area contributed by atoms with Gasteiger partial charge in [0.1, 0.15) is 0 Å². The van der Waals surface area contributed by atoms with Crippen LogP contribution in [0.2, 0.25) is 0 Å². The SMILES string of the molecule is CC(C)c1cc(=O)[nH]c2c1CCCC2. The molecule has 1 heterocycles. The summed E-state index contributed by atoms with van der Waals surface area (Å²) in [5.41, 5.74) is 3.91. The molecular weight excluding hydrogens is 174 g/mol. The minimum Gasteiger partial charge on any atom is -0.326 e. The van der Waals surface area contributed by atoms with E-state index in [1.807, 2.05) is 0 Å². The molecule has 0 aromatic carbocycles. The van der Waals surface area contributed by atoms with Crippen LogP contribution in [0.15, 0.2) is 10.9 Å². The van der Waals surface area contributed by atoms with Crippen molar-refractivity contribution in [1.29, 1.82) is 0 Å². The Morgan fingerprint density at radius 2 is 2.00 bits per heavy atom. The molecule has 2 nitrogen and oxygen atoms in total. The van der Waals surface area contributed by atoms with Crippen molar-refractivity contribution in [3.8, 4) is 0 Å². The van der Waals surface area contributed by atoms with Crippen LogP contribution in [0.5, 0.6) is 0 Å². The number of aryl methyl sites for hydroxylation is 1. The highest BCUT2D eigenvalue weighted by molar-refractivity contribution is 5.34. The first kappa shape index (κ1) is 9.50. The van der Waals surface area contributed by atoms with Crippen LogP contribution in [-0.2, 0) is 12.8 Å². The van der Waals surface area contributed by atoms with Crippen LogP contribution in [0.1, 0.15) is 49.4 Å². The van der Waals surface area contributed by atoms with Gasteiger partial charge in [-0.25, -0.2) is 0 Å². The zero-order chi connectivity index (χ0) is 10.1. The summed E-state index contributed by atoms with van der Waals surface area (Å²) >= 11 is 0. The lowest BCUT2D eigenvalue weighted by molar-refractivity contribution is 0.650. The number of H-pyrrole nitrogens is 1. The fourth-order valence-electron chi connectivity index (χ4n) is 2.29. The lowest BCUT2D eigenvalue weighted by atomic mass is 9.88. The minimum absolute atomic E-state index is 0.0642. The van der Waals surface area contributed by atoms with E-state index < -0.39 is 0 Å². The van der Waals surface area contributed by atoms with Gasteiger partial charge in [-0.2, -0.15) is 0 Å². The third-order valence-corrected chi connectivity index (χ3v) is 3.00. The summed E-state index contributed by atoms with van der Waals surface area (Å²) in [5, 5.41) is 0. The molecule has 0 saturated heterocycles. The van der Waals surface area contributed by atoms with Crippen LogP contribution >= 0.6 is 0 Å². The van der Waals surface area contributed by atoms with Gasteiger partial charge in [-0.05, 0) is 42.7 Å². The molecule has 0 amide bonds. The summed E-state index contributed by atoms with van der Waals surface area (Å²) in [5.74, 6) is 0.462. The number of hydrogen-bond donors (Lipinski definition) is 1. The Balaban J connectivity index is 2.58. The maximum atomic E-state index is 11.4. The van der Waals surface area contributed by atoms with Gasteiger partial charge < -0.3 is 4.98 Å². The second-order valence-electron chi connectivity index (χ2n) is 4.41. The number of aromatic amines is 1.